The van der Waals surface area contributed by atoms with Gasteiger partial charge in [-0.05, 0) is 43.5 Å². The van der Waals surface area contributed by atoms with Crippen LogP contribution in [-0.4, -0.2) is 35.8 Å². The molecule has 24 heavy (non-hydrogen) atoms. The monoisotopic (exact) mass is 349 g/mol. The van der Waals surface area contributed by atoms with E-state index in [0.29, 0.717) is 31.5 Å². The third kappa shape index (κ3) is 3.96. The molecule has 1 aliphatic heterocycles. The third-order valence-electron chi connectivity index (χ3n) is 4.26. The van der Waals surface area contributed by atoms with Crippen molar-refractivity contribution in [3.63, 3.8) is 0 Å². The first-order valence-corrected chi connectivity index (χ1v) is 9.57. The lowest BCUT2D eigenvalue weighted by Crippen LogP contribution is -2.38. The van der Waals surface area contributed by atoms with E-state index in [-0.39, 0.29) is 11.7 Å². The number of benzene rings is 1. The van der Waals surface area contributed by atoms with Crippen LogP contribution in [0.15, 0.2) is 36.5 Å². The average Bonchev–Trinajstić information content (AvgIpc) is 2.54. The molecule has 1 saturated heterocycles. The fraction of sp³-hybridized carbons (Fsp3) is 0.412. The van der Waals surface area contributed by atoms with Crippen LogP contribution in [-0.2, 0) is 15.8 Å². The first-order chi connectivity index (χ1) is 11.4. The van der Waals surface area contributed by atoms with Gasteiger partial charge in [-0.1, -0.05) is 12.1 Å². The largest absolute Gasteiger partial charge is 0.241 e. The Morgan fingerprint density at radius 1 is 1.25 bits per heavy atom. The zero-order valence-corrected chi connectivity index (χ0v) is 14.3. The summed E-state index contributed by atoms with van der Waals surface area (Å²) in [6.07, 6.45) is 3.14. The number of aryl methyl sites for hydroxylation is 1. The molecule has 0 radical (unpaired) electrons. The highest BCUT2D eigenvalue weighted by molar-refractivity contribution is 7.88. The zero-order chi connectivity index (χ0) is 17.2. The molecule has 2 heterocycles. The van der Waals surface area contributed by atoms with Crippen LogP contribution < -0.4 is 0 Å². The van der Waals surface area contributed by atoms with E-state index in [1.54, 1.807) is 12.3 Å². The molecular formula is C17H20FN3O2S. The van der Waals surface area contributed by atoms with Gasteiger partial charge >= 0.3 is 0 Å². The number of halogens is 1. The van der Waals surface area contributed by atoms with E-state index in [9.17, 15) is 12.8 Å². The molecule has 0 aliphatic carbocycles. The quantitative estimate of drug-likeness (QED) is 0.851. The lowest BCUT2D eigenvalue weighted by molar-refractivity contribution is 0.313. The maximum absolute atomic E-state index is 13.2. The second-order valence-electron chi connectivity index (χ2n) is 6.12. The molecule has 1 aliphatic rings. The molecule has 1 aromatic heterocycles. The molecule has 0 atom stereocenters. The van der Waals surface area contributed by atoms with Crippen LogP contribution >= 0.6 is 0 Å². The summed E-state index contributed by atoms with van der Waals surface area (Å²) in [5, 5.41) is 0. The Bertz CT molecular complexity index is 818. The number of rotatable bonds is 4. The molecule has 7 heteroatoms. The minimum Gasteiger partial charge on any atom is -0.241 e. The normalized spacial score (nSPS) is 17.1. The van der Waals surface area contributed by atoms with Crippen LogP contribution in [0.25, 0.3) is 0 Å². The number of nitrogens with zero attached hydrogens (tertiary/aromatic N) is 3. The first kappa shape index (κ1) is 17.0. The number of sulfonamides is 1. The van der Waals surface area contributed by atoms with E-state index in [1.807, 2.05) is 13.0 Å². The Balaban J connectivity index is 1.65. The second kappa shape index (κ2) is 6.94. The highest BCUT2D eigenvalue weighted by atomic mass is 32.2. The van der Waals surface area contributed by atoms with E-state index >= 15 is 0 Å². The molecule has 128 valence electrons. The van der Waals surface area contributed by atoms with Crippen LogP contribution in [0.3, 0.4) is 0 Å². The zero-order valence-electron chi connectivity index (χ0n) is 13.5. The van der Waals surface area contributed by atoms with E-state index in [1.165, 1.54) is 22.5 Å². The van der Waals surface area contributed by atoms with Gasteiger partial charge in [0.25, 0.3) is 0 Å². The molecule has 3 rings (SSSR count). The summed E-state index contributed by atoms with van der Waals surface area (Å²) in [4.78, 5) is 8.75. The minimum atomic E-state index is -3.44. The molecule has 0 unspecified atom stereocenters. The van der Waals surface area contributed by atoms with Gasteiger partial charge in [-0.15, -0.1) is 0 Å². The third-order valence-corrected chi connectivity index (χ3v) is 6.11. The van der Waals surface area contributed by atoms with Gasteiger partial charge in [0, 0.05) is 30.9 Å². The Morgan fingerprint density at radius 3 is 2.67 bits per heavy atom. The molecule has 0 bridgehead atoms. The van der Waals surface area contributed by atoms with Gasteiger partial charge in [0.15, 0.2) is 0 Å². The maximum atomic E-state index is 13.2. The first-order valence-electron chi connectivity index (χ1n) is 7.96. The Hall–Kier alpha value is -1.86. The van der Waals surface area contributed by atoms with Crippen molar-refractivity contribution in [2.24, 2.45) is 0 Å². The van der Waals surface area contributed by atoms with Crippen molar-refractivity contribution in [2.45, 2.75) is 31.4 Å². The predicted octanol–water partition coefficient (Wildman–Crippen LogP) is 2.63. The van der Waals surface area contributed by atoms with Crippen molar-refractivity contribution < 1.29 is 12.8 Å². The van der Waals surface area contributed by atoms with Crippen molar-refractivity contribution in [2.75, 3.05) is 13.1 Å². The molecule has 0 spiro atoms. The van der Waals surface area contributed by atoms with Gasteiger partial charge in [0.1, 0.15) is 11.6 Å². The van der Waals surface area contributed by atoms with Gasteiger partial charge in [-0.2, -0.15) is 0 Å². The highest BCUT2D eigenvalue weighted by Crippen LogP contribution is 2.27. The average molecular weight is 349 g/mol. The summed E-state index contributed by atoms with van der Waals surface area (Å²) in [5.74, 6) is 0.386. The standard InChI is InChI=1S/C17H20FN3O2S/c1-13-5-8-19-17(20-13)15-6-9-21(10-7-15)24(22,23)12-14-3-2-4-16(18)11-14/h2-5,8,11,15H,6-7,9-10,12H2,1H3. The number of hydrogen-bond acceptors (Lipinski definition) is 4. The van der Waals surface area contributed by atoms with Crippen molar-refractivity contribution in [1.29, 1.82) is 0 Å². The molecule has 0 saturated carbocycles. The molecule has 0 N–H and O–H groups in total. The summed E-state index contributed by atoms with van der Waals surface area (Å²) >= 11 is 0. The molecule has 0 amide bonds. The highest BCUT2D eigenvalue weighted by Gasteiger charge is 2.29. The number of hydrogen-bond donors (Lipinski definition) is 0. The van der Waals surface area contributed by atoms with E-state index in [4.69, 9.17) is 0 Å². The van der Waals surface area contributed by atoms with Gasteiger partial charge in [0.2, 0.25) is 10.0 Å². The second-order valence-corrected chi connectivity index (χ2v) is 8.08. The molecular weight excluding hydrogens is 329 g/mol. The van der Waals surface area contributed by atoms with Crippen LogP contribution in [0.5, 0.6) is 0 Å². The van der Waals surface area contributed by atoms with Gasteiger partial charge in [0.05, 0.1) is 5.75 Å². The topological polar surface area (TPSA) is 63.2 Å². The van der Waals surface area contributed by atoms with Crippen molar-refractivity contribution in [3.8, 4) is 0 Å². The van der Waals surface area contributed by atoms with Crippen molar-refractivity contribution in [1.82, 2.24) is 14.3 Å². The maximum Gasteiger partial charge on any atom is 0.218 e. The summed E-state index contributed by atoms with van der Waals surface area (Å²) in [7, 11) is -3.44. The number of aromatic nitrogens is 2. The minimum absolute atomic E-state index is 0.170. The summed E-state index contributed by atoms with van der Waals surface area (Å²) in [6, 6.07) is 7.59. The Morgan fingerprint density at radius 2 is 2.00 bits per heavy atom. The lowest BCUT2D eigenvalue weighted by Gasteiger charge is -2.30. The molecule has 1 fully saturated rings. The molecule has 2 aromatic rings. The Kier molecular flexibility index (Phi) is 4.91. The summed E-state index contributed by atoms with van der Waals surface area (Å²) in [6.45, 7) is 2.81. The summed E-state index contributed by atoms with van der Waals surface area (Å²) in [5.41, 5.74) is 1.39. The molecule has 5 nitrogen and oxygen atoms in total. The van der Waals surface area contributed by atoms with Crippen molar-refractivity contribution in [3.05, 3.63) is 59.4 Å². The smallest absolute Gasteiger partial charge is 0.218 e. The summed E-state index contributed by atoms with van der Waals surface area (Å²) < 4.78 is 39.8. The van der Waals surface area contributed by atoms with Crippen LogP contribution in [0.4, 0.5) is 4.39 Å². The van der Waals surface area contributed by atoms with E-state index in [0.717, 1.165) is 11.5 Å². The van der Waals surface area contributed by atoms with Gasteiger partial charge < -0.3 is 0 Å². The van der Waals surface area contributed by atoms with Crippen molar-refractivity contribution >= 4 is 10.0 Å². The van der Waals surface area contributed by atoms with Gasteiger partial charge in [-0.3, -0.25) is 0 Å². The SMILES string of the molecule is Cc1ccnc(C2CCN(S(=O)(=O)Cc3cccc(F)c3)CC2)n1. The molecule has 1 aromatic carbocycles. The lowest BCUT2D eigenvalue weighted by atomic mass is 9.97. The van der Waals surface area contributed by atoms with E-state index in [2.05, 4.69) is 9.97 Å². The van der Waals surface area contributed by atoms with Crippen LogP contribution in [0.1, 0.15) is 35.8 Å². The van der Waals surface area contributed by atoms with E-state index < -0.39 is 15.8 Å². The van der Waals surface area contributed by atoms with Gasteiger partial charge in [-0.25, -0.2) is 27.1 Å². The van der Waals surface area contributed by atoms with Crippen LogP contribution in [0.2, 0.25) is 0 Å². The fourth-order valence-electron chi connectivity index (χ4n) is 2.99. The predicted molar refractivity (Wildman–Crippen MR) is 89.3 cm³/mol. The fourth-order valence-corrected chi connectivity index (χ4v) is 4.54. The number of piperidine rings is 1. The van der Waals surface area contributed by atoms with Crippen LogP contribution in [0, 0.1) is 12.7 Å². The Labute approximate surface area is 141 Å².